The molecule has 0 aromatic carbocycles. The molecule has 3 rings (SSSR count). The van der Waals surface area contributed by atoms with Gasteiger partial charge < -0.3 is 15.2 Å². The molecular weight excluding hydrogens is 337 g/mol. The number of halogens is 2. The third-order valence-corrected chi connectivity index (χ3v) is 4.57. The average Bonchev–Trinajstić information content (AvgIpc) is 3.08. The zero-order valence-electron chi connectivity index (χ0n) is 13.4. The first-order chi connectivity index (χ1) is 10.3. The summed E-state index contributed by atoms with van der Waals surface area (Å²) in [5.41, 5.74) is 0. The van der Waals surface area contributed by atoms with Crippen molar-refractivity contribution in [3.63, 3.8) is 0 Å². The van der Waals surface area contributed by atoms with E-state index in [0.717, 1.165) is 44.1 Å². The van der Waals surface area contributed by atoms with Crippen LogP contribution in [-0.2, 0) is 24.3 Å². The minimum absolute atomic E-state index is 0. The summed E-state index contributed by atoms with van der Waals surface area (Å²) in [6.07, 6.45) is 7.44. The second kappa shape index (κ2) is 10.1. The number of hydrogen-bond acceptors (Lipinski definition) is 4. The Hall–Kier alpha value is -0.850. The second-order valence-electron chi connectivity index (χ2n) is 6.17. The van der Waals surface area contributed by atoms with E-state index < -0.39 is 0 Å². The molecule has 0 aliphatic carbocycles. The fourth-order valence-corrected chi connectivity index (χ4v) is 3.24. The molecule has 2 aliphatic rings. The molecule has 1 fully saturated rings. The maximum atomic E-state index is 11.9. The number of hydrogen-bond donors (Lipinski definition) is 2. The first kappa shape index (κ1) is 20.2. The predicted molar refractivity (Wildman–Crippen MR) is 94.1 cm³/mol. The van der Waals surface area contributed by atoms with Crippen LogP contribution in [0.5, 0.6) is 0 Å². The Balaban J connectivity index is 0.00000132. The molecule has 1 aromatic rings. The Bertz CT molecular complexity index is 488. The standard InChI is InChI=1S/C15H25N5O.2ClH/c21-15(6-5-12-7-8-16-10-12)17-11-14-19-18-13-4-2-1-3-9-20(13)14;;/h12,16H,1-11H2,(H,17,21);2*1H. The van der Waals surface area contributed by atoms with Gasteiger partial charge in [0, 0.05) is 19.4 Å². The highest BCUT2D eigenvalue weighted by Gasteiger charge is 2.17. The van der Waals surface area contributed by atoms with E-state index in [0.29, 0.717) is 18.9 Å². The summed E-state index contributed by atoms with van der Waals surface area (Å²) < 4.78 is 2.19. The van der Waals surface area contributed by atoms with Gasteiger partial charge in [-0.1, -0.05) is 6.42 Å². The van der Waals surface area contributed by atoms with E-state index in [-0.39, 0.29) is 30.7 Å². The molecule has 1 amide bonds. The van der Waals surface area contributed by atoms with Crippen LogP contribution in [0.15, 0.2) is 0 Å². The number of aromatic nitrogens is 3. The first-order valence-corrected chi connectivity index (χ1v) is 8.21. The molecule has 1 aromatic heterocycles. The van der Waals surface area contributed by atoms with Crippen LogP contribution in [0.1, 0.15) is 50.2 Å². The van der Waals surface area contributed by atoms with Gasteiger partial charge in [-0.25, -0.2) is 0 Å². The smallest absolute Gasteiger partial charge is 0.220 e. The van der Waals surface area contributed by atoms with Crippen LogP contribution >= 0.6 is 24.8 Å². The van der Waals surface area contributed by atoms with Gasteiger partial charge in [0.2, 0.25) is 5.91 Å². The van der Waals surface area contributed by atoms with Crippen molar-refractivity contribution in [3.05, 3.63) is 11.6 Å². The average molecular weight is 364 g/mol. The number of carbonyl (C=O) groups excluding carboxylic acids is 1. The molecule has 8 heteroatoms. The minimum Gasteiger partial charge on any atom is -0.349 e. The quantitative estimate of drug-likeness (QED) is 0.837. The minimum atomic E-state index is 0. The van der Waals surface area contributed by atoms with Crippen LogP contribution in [0, 0.1) is 5.92 Å². The van der Waals surface area contributed by atoms with Gasteiger partial charge in [-0.15, -0.1) is 35.0 Å². The van der Waals surface area contributed by atoms with Crippen LogP contribution in [0.25, 0.3) is 0 Å². The van der Waals surface area contributed by atoms with E-state index in [1.807, 2.05) is 0 Å². The summed E-state index contributed by atoms with van der Waals surface area (Å²) in [5, 5.41) is 14.8. The summed E-state index contributed by atoms with van der Waals surface area (Å²) in [4.78, 5) is 11.9. The first-order valence-electron chi connectivity index (χ1n) is 8.21. The van der Waals surface area contributed by atoms with E-state index in [1.54, 1.807) is 0 Å². The zero-order chi connectivity index (χ0) is 14.5. The van der Waals surface area contributed by atoms with Crippen molar-refractivity contribution < 1.29 is 4.79 Å². The third kappa shape index (κ3) is 5.62. The van der Waals surface area contributed by atoms with E-state index in [2.05, 4.69) is 25.4 Å². The molecule has 0 saturated carbocycles. The molecule has 2 aliphatic heterocycles. The van der Waals surface area contributed by atoms with Crippen molar-refractivity contribution >= 4 is 30.7 Å². The van der Waals surface area contributed by atoms with E-state index in [1.165, 1.54) is 25.7 Å². The van der Waals surface area contributed by atoms with Gasteiger partial charge in [0.1, 0.15) is 5.82 Å². The molecule has 6 nitrogen and oxygen atoms in total. The lowest BCUT2D eigenvalue weighted by molar-refractivity contribution is -0.121. The Morgan fingerprint density at radius 1 is 1.26 bits per heavy atom. The summed E-state index contributed by atoms with van der Waals surface area (Å²) in [6, 6.07) is 0. The molecule has 1 atom stereocenters. The van der Waals surface area contributed by atoms with Crippen LogP contribution < -0.4 is 10.6 Å². The zero-order valence-corrected chi connectivity index (χ0v) is 15.1. The second-order valence-corrected chi connectivity index (χ2v) is 6.17. The number of fused-ring (bicyclic) bond motifs is 1. The number of nitrogens with one attached hydrogen (secondary N) is 2. The monoisotopic (exact) mass is 363 g/mol. The Labute approximate surface area is 150 Å². The lowest BCUT2D eigenvalue weighted by Gasteiger charge is -2.10. The maximum Gasteiger partial charge on any atom is 0.220 e. The van der Waals surface area contributed by atoms with E-state index >= 15 is 0 Å². The third-order valence-electron chi connectivity index (χ3n) is 4.57. The van der Waals surface area contributed by atoms with Crippen molar-refractivity contribution in [3.8, 4) is 0 Å². The number of carbonyl (C=O) groups is 1. The number of aryl methyl sites for hydroxylation is 1. The van der Waals surface area contributed by atoms with Gasteiger partial charge in [0.25, 0.3) is 0 Å². The molecule has 2 N–H and O–H groups in total. The predicted octanol–water partition coefficient (Wildman–Crippen LogP) is 1.85. The molecular formula is C15H27Cl2N5O. The van der Waals surface area contributed by atoms with Crippen molar-refractivity contribution in [1.82, 2.24) is 25.4 Å². The van der Waals surface area contributed by atoms with Gasteiger partial charge in [-0.2, -0.15) is 0 Å². The summed E-state index contributed by atoms with van der Waals surface area (Å²) >= 11 is 0. The molecule has 1 saturated heterocycles. The molecule has 23 heavy (non-hydrogen) atoms. The Morgan fingerprint density at radius 3 is 2.91 bits per heavy atom. The Morgan fingerprint density at radius 2 is 2.13 bits per heavy atom. The van der Waals surface area contributed by atoms with Gasteiger partial charge >= 0.3 is 0 Å². The van der Waals surface area contributed by atoms with Gasteiger partial charge in [0.15, 0.2) is 5.82 Å². The van der Waals surface area contributed by atoms with Gasteiger partial charge in [0.05, 0.1) is 6.54 Å². The highest BCUT2D eigenvalue weighted by molar-refractivity contribution is 5.85. The van der Waals surface area contributed by atoms with Crippen LogP contribution in [0.4, 0.5) is 0 Å². The SMILES string of the molecule is Cl.Cl.O=C(CCC1CCNC1)NCc1nnc2n1CCCCC2. The topological polar surface area (TPSA) is 71.8 Å². The molecule has 0 radical (unpaired) electrons. The van der Waals surface area contributed by atoms with Crippen LogP contribution in [0.3, 0.4) is 0 Å². The van der Waals surface area contributed by atoms with Crippen LogP contribution in [-0.4, -0.2) is 33.8 Å². The fraction of sp³-hybridized carbons (Fsp3) is 0.800. The van der Waals surface area contributed by atoms with Crippen molar-refractivity contribution in [2.45, 2.75) is 58.0 Å². The summed E-state index contributed by atoms with van der Waals surface area (Å²) in [6.45, 7) is 3.65. The number of rotatable bonds is 5. The molecule has 3 heterocycles. The molecule has 132 valence electrons. The fourth-order valence-electron chi connectivity index (χ4n) is 3.24. The number of amides is 1. The van der Waals surface area contributed by atoms with Crippen molar-refractivity contribution in [2.75, 3.05) is 13.1 Å². The molecule has 0 bridgehead atoms. The summed E-state index contributed by atoms with van der Waals surface area (Å²) in [7, 11) is 0. The highest BCUT2D eigenvalue weighted by Crippen LogP contribution is 2.15. The van der Waals surface area contributed by atoms with Crippen LogP contribution in [0.2, 0.25) is 0 Å². The number of nitrogens with zero attached hydrogens (tertiary/aromatic N) is 3. The maximum absolute atomic E-state index is 11.9. The lowest BCUT2D eigenvalue weighted by atomic mass is 10.0. The largest absolute Gasteiger partial charge is 0.349 e. The molecule has 0 spiro atoms. The summed E-state index contributed by atoms with van der Waals surface area (Å²) in [5.74, 6) is 2.78. The van der Waals surface area contributed by atoms with Gasteiger partial charge in [-0.05, 0) is 44.7 Å². The Kier molecular flexibility index (Phi) is 8.87. The highest BCUT2D eigenvalue weighted by atomic mass is 35.5. The van der Waals surface area contributed by atoms with E-state index in [9.17, 15) is 4.79 Å². The molecule has 1 unspecified atom stereocenters. The normalized spacial score (nSPS) is 19.9. The van der Waals surface area contributed by atoms with E-state index in [4.69, 9.17) is 0 Å². The van der Waals surface area contributed by atoms with Crippen molar-refractivity contribution in [2.24, 2.45) is 5.92 Å². The van der Waals surface area contributed by atoms with Crippen molar-refractivity contribution in [1.29, 1.82) is 0 Å². The lowest BCUT2D eigenvalue weighted by Crippen LogP contribution is -2.25. The van der Waals surface area contributed by atoms with Gasteiger partial charge in [-0.3, -0.25) is 4.79 Å².